The standard InChI is InChI=1S/C14H17F5N2O3/c15-13(16,8-22)12(21-5-3-20-4-6-21)10-7-9(1-2-11(10)23)24-14(17,18)19/h1-2,7,12,20,22-23H,3-6,8H2/t12-/m0/s1. The summed E-state index contributed by atoms with van der Waals surface area (Å²) in [6.07, 6.45) is -4.99. The minimum Gasteiger partial charge on any atom is -0.508 e. The van der Waals surface area contributed by atoms with Crippen molar-refractivity contribution in [2.45, 2.75) is 18.3 Å². The van der Waals surface area contributed by atoms with Crippen LogP contribution < -0.4 is 10.1 Å². The minimum atomic E-state index is -4.99. The van der Waals surface area contributed by atoms with Crippen molar-refractivity contribution in [3.63, 3.8) is 0 Å². The van der Waals surface area contributed by atoms with Crippen LogP contribution in [0.5, 0.6) is 11.5 Å². The second-order valence-electron chi connectivity index (χ2n) is 5.38. The second-order valence-corrected chi connectivity index (χ2v) is 5.38. The van der Waals surface area contributed by atoms with E-state index in [0.717, 1.165) is 18.2 Å². The van der Waals surface area contributed by atoms with Gasteiger partial charge in [-0.15, -0.1) is 13.2 Å². The number of aliphatic hydroxyl groups excluding tert-OH is 1. The molecule has 0 radical (unpaired) electrons. The number of aliphatic hydroxyl groups is 1. The molecule has 1 heterocycles. The monoisotopic (exact) mass is 356 g/mol. The molecule has 0 unspecified atom stereocenters. The number of hydrogen-bond acceptors (Lipinski definition) is 5. The average molecular weight is 356 g/mol. The van der Waals surface area contributed by atoms with E-state index < -0.39 is 42.0 Å². The smallest absolute Gasteiger partial charge is 0.508 e. The molecule has 0 amide bonds. The van der Waals surface area contributed by atoms with E-state index in [1.54, 1.807) is 0 Å². The molecule has 1 atom stereocenters. The summed E-state index contributed by atoms with van der Waals surface area (Å²) in [5, 5.41) is 21.9. The highest BCUT2D eigenvalue weighted by molar-refractivity contribution is 5.42. The lowest BCUT2D eigenvalue weighted by Crippen LogP contribution is -2.51. The minimum absolute atomic E-state index is 0.185. The van der Waals surface area contributed by atoms with Crippen molar-refractivity contribution < 1.29 is 36.9 Å². The van der Waals surface area contributed by atoms with Gasteiger partial charge in [0.05, 0.1) is 0 Å². The van der Waals surface area contributed by atoms with Gasteiger partial charge in [-0.2, -0.15) is 0 Å². The predicted octanol–water partition coefficient (Wildman–Crippen LogP) is 1.86. The van der Waals surface area contributed by atoms with Gasteiger partial charge in [0.15, 0.2) is 0 Å². The van der Waals surface area contributed by atoms with E-state index in [0.29, 0.717) is 13.1 Å². The maximum absolute atomic E-state index is 14.3. The van der Waals surface area contributed by atoms with Gasteiger partial charge in [0.25, 0.3) is 5.92 Å². The number of nitrogens with zero attached hydrogens (tertiary/aromatic N) is 1. The molecule has 1 aromatic carbocycles. The Morgan fingerprint density at radius 1 is 1.17 bits per heavy atom. The Bertz CT molecular complexity index is 562. The molecule has 1 saturated heterocycles. The van der Waals surface area contributed by atoms with Crippen LogP contribution in [-0.2, 0) is 0 Å². The number of phenolic OH excluding ortho intramolecular Hbond substituents is 1. The number of nitrogens with one attached hydrogen (secondary N) is 1. The number of hydrogen-bond donors (Lipinski definition) is 3. The molecule has 0 aliphatic carbocycles. The van der Waals surface area contributed by atoms with Gasteiger partial charge in [0, 0.05) is 31.7 Å². The maximum Gasteiger partial charge on any atom is 0.573 e. The normalized spacial score (nSPS) is 18.4. The van der Waals surface area contributed by atoms with Crippen molar-refractivity contribution in [1.82, 2.24) is 10.2 Å². The van der Waals surface area contributed by atoms with Crippen LogP contribution in [0.3, 0.4) is 0 Å². The summed E-state index contributed by atoms with van der Waals surface area (Å²) < 4.78 is 69.2. The predicted molar refractivity (Wildman–Crippen MR) is 74.0 cm³/mol. The van der Waals surface area contributed by atoms with E-state index in [4.69, 9.17) is 5.11 Å². The molecular weight excluding hydrogens is 339 g/mol. The lowest BCUT2D eigenvalue weighted by Gasteiger charge is -2.39. The summed E-state index contributed by atoms with van der Waals surface area (Å²) in [6.45, 7) is -0.339. The fourth-order valence-electron chi connectivity index (χ4n) is 2.67. The Morgan fingerprint density at radius 2 is 1.79 bits per heavy atom. The highest BCUT2D eigenvalue weighted by atomic mass is 19.4. The van der Waals surface area contributed by atoms with Crippen molar-refractivity contribution in [3.05, 3.63) is 23.8 Å². The SMILES string of the molecule is OCC(F)(F)[C@H](c1cc(OC(F)(F)F)ccc1O)N1CCNCC1. The molecule has 5 nitrogen and oxygen atoms in total. The third kappa shape index (κ3) is 4.46. The number of rotatable bonds is 5. The molecule has 1 fully saturated rings. The van der Waals surface area contributed by atoms with Gasteiger partial charge in [-0.05, 0) is 18.2 Å². The number of alkyl halides is 5. The fourth-order valence-corrected chi connectivity index (χ4v) is 2.67. The fraction of sp³-hybridized carbons (Fsp3) is 0.571. The molecule has 0 spiro atoms. The van der Waals surface area contributed by atoms with Gasteiger partial charge in [0.1, 0.15) is 24.1 Å². The van der Waals surface area contributed by atoms with Crippen molar-refractivity contribution in [3.8, 4) is 11.5 Å². The molecule has 136 valence electrons. The first-order valence-electron chi connectivity index (χ1n) is 7.16. The van der Waals surface area contributed by atoms with Crippen LogP contribution in [0.4, 0.5) is 22.0 Å². The zero-order valence-electron chi connectivity index (χ0n) is 12.5. The molecule has 10 heteroatoms. The van der Waals surface area contributed by atoms with Crippen molar-refractivity contribution >= 4 is 0 Å². The van der Waals surface area contributed by atoms with Gasteiger partial charge in [0.2, 0.25) is 0 Å². The van der Waals surface area contributed by atoms with Crippen LogP contribution in [0.25, 0.3) is 0 Å². The van der Waals surface area contributed by atoms with Crippen molar-refractivity contribution in [2.75, 3.05) is 32.8 Å². The topological polar surface area (TPSA) is 65.0 Å². The van der Waals surface area contributed by atoms with Gasteiger partial charge < -0.3 is 20.3 Å². The largest absolute Gasteiger partial charge is 0.573 e. The van der Waals surface area contributed by atoms with Crippen molar-refractivity contribution in [2.24, 2.45) is 0 Å². The highest BCUT2D eigenvalue weighted by Gasteiger charge is 2.45. The average Bonchev–Trinajstić information content (AvgIpc) is 2.50. The lowest BCUT2D eigenvalue weighted by molar-refractivity contribution is -0.274. The number of piperazine rings is 1. The Hall–Kier alpha value is -1.65. The number of aromatic hydroxyl groups is 1. The first kappa shape index (κ1) is 18.7. The lowest BCUT2D eigenvalue weighted by atomic mass is 9.97. The van der Waals surface area contributed by atoms with Crippen LogP contribution >= 0.6 is 0 Å². The Morgan fingerprint density at radius 3 is 2.33 bits per heavy atom. The van der Waals surface area contributed by atoms with Gasteiger partial charge in [-0.3, -0.25) is 4.90 Å². The number of halogens is 5. The summed E-state index contributed by atoms with van der Waals surface area (Å²) in [7, 11) is 0. The molecule has 0 aromatic heterocycles. The van der Waals surface area contributed by atoms with Crippen LogP contribution in [0.15, 0.2) is 18.2 Å². The third-order valence-corrected chi connectivity index (χ3v) is 3.65. The van der Waals surface area contributed by atoms with E-state index in [1.807, 2.05) is 0 Å². The Labute approximate surface area is 134 Å². The summed E-state index contributed by atoms with van der Waals surface area (Å²) in [6, 6.07) is 0.637. The van der Waals surface area contributed by atoms with E-state index in [2.05, 4.69) is 10.1 Å². The molecule has 1 aliphatic heterocycles. The van der Waals surface area contributed by atoms with Gasteiger partial charge in [-0.1, -0.05) is 0 Å². The molecule has 0 bridgehead atoms. The second kappa shape index (κ2) is 7.08. The summed E-state index contributed by atoms with van der Waals surface area (Å²) >= 11 is 0. The molecule has 0 saturated carbocycles. The maximum atomic E-state index is 14.3. The molecule has 1 aliphatic rings. The zero-order valence-corrected chi connectivity index (χ0v) is 12.5. The summed E-state index contributed by atoms with van der Waals surface area (Å²) in [4.78, 5) is 1.30. The van der Waals surface area contributed by atoms with Gasteiger partial charge >= 0.3 is 6.36 Å². The highest BCUT2D eigenvalue weighted by Crippen LogP contribution is 2.42. The number of ether oxygens (including phenoxy) is 1. The van der Waals surface area contributed by atoms with E-state index in [9.17, 15) is 27.1 Å². The van der Waals surface area contributed by atoms with Crippen molar-refractivity contribution in [1.29, 1.82) is 0 Å². The molecular formula is C14H17F5N2O3. The van der Waals surface area contributed by atoms with E-state index in [-0.39, 0.29) is 13.1 Å². The zero-order chi connectivity index (χ0) is 18.0. The third-order valence-electron chi connectivity index (χ3n) is 3.65. The first-order valence-corrected chi connectivity index (χ1v) is 7.16. The summed E-state index contributed by atoms with van der Waals surface area (Å²) in [5.41, 5.74) is -0.433. The molecule has 24 heavy (non-hydrogen) atoms. The quantitative estimate of drug-likeness (QED) is 0.703. The first-order chi connectivity index (χ1) is 11.1. The van der Waals surface area contributed by atoms with Crippen LogP contribution in [-0.4, -0.2) is 60.2 Å². The molecule has 2 rings (SSSR count). The van der Waals surface area contributed by atoms with Crippen LogP contribution in [0.1, 0.15) is 11.6 Å². The van der Waals surface area contributed by atoms with E-state index in [1.165, 1.54) is 4.90 Å². The molecule has 3 N–H and O–H groups in total. The van der Waals surface area contributed by atoms with E-state index >= 15 is 0 Å². The van der Waals surface area contributed by atoms with Crippen LogP contribution in [0, 0.1) is 0 Å². The van der Waals surface area contributed by atoms with Crippen LogP contribution in [0.2, 0.25) is 0 Å². The Balaban J connectivity index is 2.42. The summed E-state index contributed by atoms with van der Waals surface area (Å²) in [5.74, 6) is -4.98. The van der Waals surface area contributed by atoms with Gasteiger partial charge in [-0.25, -0.2) is 8.78 Å². The Kier molecular flexibility index (Phi) is 5.51. The molecule has 1 aromatic rings. The number of phenols is 1. The number of benzene rings is 1.